The van der Waals surface area contributed by atoms with Crippen molar-refractivity contribution in [1.82, 2.24) is 5.48 Å². The molecule has 60 valence electrons. The molecule has 0 aromatic heterocycles. The third kappa shape index (κ3) is 2.18. The quantitative estimate of drug-likeness (QED) is 0.519. The lowest BCUT2D eigenvalue weighted by Crippen LogP contribution is -2.06. The Labute approximate surface area is 73.3 Å². The summed E-state index contributed by atoms with van der Waals surface area (Å²) in [6.07, 6.45) is 0. The number of hydrogen-bond acceptors (Lipinski definition) is 3. The second-order valence-corrected chi connectivity index (χ2v) is 3.05. The molecule has 0 saturated carbocycles. The molecule has 0 fully saturated rings. The van der Waals surface area contributed by atoms with Crippen molar-refractivity contribution in [2.24, 2.45) is 0 Å². The summed E-state index contributed by atoms with van der Waals surface area (Å²) in [4.78, 5) is 0. The Morgan fingerprint density at radius 1 is 1.55 bits per heavy atom. The first kappa shape index (κ1) is 8.52. The minimum atomic E-state index is 0.414. The van der Waals surface area contributed by atoms with E-state index >= 15 is 0 Å². The van der Waals surface area contributed by atoms with Gasteiger partial charge >= 0.3 is 0 Å². The molecule has 4 heteroatoms. The van der Waals surface area contributed by atoms with Crippen molar-refractivity contribution in [2.75, 3.05) is 5.73 Å². The zero-order valence-electron chi connectivity index (χ0n) is 5.84. The van der Waals surface area contributed by atoms with E-state index in [4.69, 9.17) is 10.9 Å². The lowest BCUT2D eigenvalue weighted by molar-refractivity contribution is 0.161. The average molecular weight is 217 g/mol. The number of nitrogens with two attached hydrogens (primary N) is 1. The summed E-state index contributed by atoms with van der Waals surface area (Å²) in [6, 6.07) is 5.53. The highest BCUT2D eigenvalue weighted by atomic mass is 79.9. The van der Waals surface area contributed by atoms with Crippen molar-refractivity contribution >= 4 is 21.6 Å². The van der Waals surface area contributed by atoms with Crippen LogP contribution in [0.4, 0.5) is 5.69 Å². The molecule has 3 nitrogen and oxygen atoms in total. The van der Waals surface area contributed by atoms with E-state index in [0.717, 1.165) is 10.0 Å². The Balaban J connectivity index is 2.86. The van der Waals surface area contributed by atoms with Gasteiger partial charge in [-0.15, -0.1) is 0 Å². The number of halogens is 1. The maximum absolute atomic E-state index is 8.38. The fraction of sp³-hybridized carbons (Fsp3) is 0.143. The normalized spacial score (nSPS) is 10.0. The molecule has 0 aliphatic rings. The van der Waals surface area contributed by atoms with Crippen LogP contribution in [0.2, 0.25) is 0 Å². The molecule has 0 spiro atoms. The number of nitrogen functional groups attached to an aromatic ring is 1. The zero-order valence-corrected chi connectivity index (χ0v) is 7.43. The topological polar surface area (TPSA) is 58.3 Å². The van der Waals surface area contributed by atoms with Crippen molar-refractivity contribution in [1.29, 1.82) is 0 Å². The van der Waals surface area contributed by atoms with Gasteiger partial charge in [0.25, 0.3) is 0 Å². The van der Waals surface area contributed by atoms with E-state index in [9.17, 15) is 0 Å². The molecule has 4 N–H and O–H groups in total. The molecule has 0 radical (unpaired) electrons. The van der Waals surface area contributed by atoms with Crippen molar-refractivity contribution < 1.29 is 5.21 Å². The van der Waals surface area contributed by atoms with Gasteiger partial charge < -0.3 is 10.9 Å². The molecule has 1 aromatic rings. The van der Waals surface area contributed by atoms with Crippen LogP contribution in [0.5, 0.6) is 0 Å². The van der Waals surface area contributed by atoms with E-state index < -0.39 is 0 Å². The molecule has 1 aromatic carbocycles. The standard InChI is InChI=1S/C7H9BrN2O/c8-6-2-1-5(4-10-11)3-7(6)9/h1-3,10-11H,4,9H2. The van der Waals surface area contributed by atoms with Crippen molar-refractivity contribution in [2.45, 2.75) is 6.54 Å². The first-order valence-corrected chi connectivity index (χ1v) is 3.94. The van der Waals surface area contributed by atoms with Crippen LogP contribution in [0.15, 0.2) is 22.7 Å². The highest BCUT2D eigenvalue weighted by Gasteiger charge is 1.96. The van der Waals surface area contributed by atoms with Crippen molar-refractivity contribution in [3.05, 3.63) is 28.2 Å². The molecule has 0 amide bonds. The first-order chi connectivity index (χ1) is 5.24. The number of rotatable bonds is 2. The van der Waals surface area contributed by atoms with Crippen LogP contribution >= 0.6 is 15.9 Å². The molecule has 0 unspecified atom stereocenters. The predicted octanol–water partition coefficient (Wildman–Crippen LogP) is 1.51. The Kier molecular flexibility index (Phi) is 2.87. The number of hydroxylamine groups is 1. The van der Waals surface area contributed by atoms with Gasteiger partial charge in [-0.1, -0.05) is 6.07 Å². The Morgan fingerprint density at radius 2 is 2.27 bits per heavy atom. The molecule has 0 bridgehead atoms. The summed E-state index contributed by atoms with van der Waals surface area (Å²) in [5, 5.41) is 8.38. The molecule has 0 aliphatic heterocycles. The Bertz CT molecular complexity index is 252. The summed E-state index contributed by atoms with van der Waals surface area (Å²) >= 11 is 3.27. The second-order valence-electron chi connectivity index (χ2n) is 2.19. The monoisotopic (exact) mass is 216 g/mol. The molecule has 0 aliphatic carbocycles. The summed E-state index contributed by atoms with van der Waals surface area (Å²) in [6.45, 7) is 0.414. The Hall–Kier alpha value is -0.580. The van der Waals surface area contributed by atoms with Crippen LogP contribution < -0.4 is 11.2 Å². The van der Waals surface area contributed by atoms with Gasteiger partial charge in [-0.2, -0.15) is 0 Å². The first-order valence-electron chi connectivity index (χ1n) is 3.15. The Morgan fingerprint density at radius 3 is 2.82 bits per heavy atom. The van der Waals surface area contributed by atoms with E-state index in [1.165, 1.54) is 0 Å². The highest BCUT2D eigenvalue weighted by Crippen LogP contribution is 2.19. The number of anilines is 1. The number of hydrogen-bond donors (Lipinski definition) is 3. The van der Waals surface area contributed by atoms with Gasteiger partial charge in [0.2, 0.25) is 0 Å². The fourth-order valence-electron chi connectivity index (χ4n) is 0.794. The van der Waals surface area contributed by atoms with Gasteiger partial charge in [0, 0.05) is 16.7 Å². The minimum absolute atomic E-state index is 0.414. The van der Waals surface area contributed by atoms with Crippen LogP contribution in [0, 0.1) is 0 Å². The number of nitrogens with one attached hydrogen (secondary N) is 1. The van der Waals surface area contributed by atoms with Gasteiger partial charge in [0.15, 0.2) is 0 Å². The maximum atomic E-state index is 8.38. The van der Waals surface area contributed by atoms with Gasteiger partial charge in [0.1, 0.15) is 0 Å². The maximum Gasteiger partial charge on any atom is 0.0461 e. The predicted molar refractivity (Wildman–Crippen MR) is 47.2 cm³/mol. The summed E-state index contributed by atoms with van der Waals surface area (Å²) in [5.41, 5.74) is 9.28. The molecule has 0 heterocycles. The number of benzene rings is 1. The smallest absolute Gasteiger partial charge is 0.0461 e. The molecule has 1 rings (SSSR count). The van der Waals surface area contributed by atoms with Crippen LogP contribution in [0.3, 0.4) is 0 Å². The lowest BCUT2D eigenvalue weighted by Gasteiger charge is -2.01. The van der Waals surface area contributed by atoms with Crippen molar-refractivity contribution in [3.8, 4) is 0 Å². The van der Waals surface area contributed by atoms with E-state index in [1.807, 2.05) is 12.1 Å². The largest absolute Gasteiger partial charge is 0.398 e. The molecular formula is C7H9BrN2O. The van der Waals surface area contributed by atoms with Crippen molar-refractivity contribution in [3.63, 3.8) is 0 Å². The second kappa shape index (κ2) is 3.71. The van der Waals surface area contributed by atoms with Gasteiger partial charge in [-0.25, -0.2) is 5.48 Å². The van der Waals surface area contributed by atoms with Gasteiger partial charge in [-0.05, 0) is 33.6 Å². The van der Waals surface area contributed by atoms with Gasteiger partial charge in [-0.3, -0.25) is 0 Å². The van der Waals surface area contributed by atoms with E-state index in [1.54, 1.807) is 6.07 Å². The highest BCUT2D eigenvalue weighted by molar-refractivity contribution is 9.10. The average Bonchev–Trinajstić information content (AvgIpc) is 1.98. The molecule has 0 saturated heterocycles. The lowest BCUT2D eigenvalue weighted by atomic mass is 10.2. The van der Waals surface area contributed by atoms with Crippen LogP contribution in [-0.2, 0) is 6.54 Å². The van der Waals surface area contributed by atoms with E-state index in [-0.39, 0.29) is 0 Å². The van der Waals surface area contributed by atoms with Crippen LogP contribution in [0.25, 0.3) is 0 Å². The molecular weight excluding hydrogens is 208 g/mol. The third-order valence-corrected chi connectivity index (χ3v) is 2.07. The molecule has 0 atom stereocenters. The summed E-state index contributed by atoms with van der Waals surface area (Å²) in [5.74, 6) is 0. The zero-order chi connectivity index (χ0) is 8.27. The van der Waals surface area contributed by atoms with Crippen LogP contribution in [-0.4, -0.2) is 5.21 Å². The fourth-order valence-corrected chi connectivity index (χ4v) is 1.04. The van der Waals surface area contributed by atoms with E-state index in [0.29, 0.717) is 12.2 Å². The molecule has 11 heavy (non-hydrogen) atoms. The van der Waals surface area contributed by atoms with E-state index in [2.05, 4.69) is 21.4 Å². The minimum Gasteiger partial charge on any atom is -0.398 e. The SMILES string of the molecule is Nc1cc(CNO)ccc1Br. The third-order valence-electron chi connectivity index (χ3n) is 1.34. The summed E-state index contributed by atoms with van der Waals surface area (Å²) in [7, 11) is 0. The van der Waals surface area contributed by atoms with Crippen LogP contribution in [0.1, 0.15) is 5.56 Å². The van der Waals surface area contributed by atoms with Gasteiger partial charge in [0.05, 0.1) is 0 Å². The summed E-state index contributed by atoms with van der Waals surface area (Å²) < 4.78 is 0.874.